The molecule has 1 saturated heterocycles. The highest BCUT2D eigenvalue weighted by atomic mass is 16.3. The number of amides is 1. The van der Waals surface area contributed by atoms with Gasteiger partial charge in [0, 0.05) is 13.6 Å². The first-order valence-corrected chi connectivity index (χ1v) is 6.76. The first kappa shape index (κ1) is 12.8. The van der Waals surface area contributed by atoms with Crippen molar-refractivity contribution in [3.8, 4) is 0 Å². The molecule has 1 amide bonds. The average Bonchev–Trinajstić information content (AvgIpc) is 2.74. The van der Waals surface area contributed by atoms with E-state index in [9.17, 15) is 9.90 Å². The number of aliphatic hydroxyl groups excluding tert-OH is 1. The molecule has 4 atom stereocenters. The van der Waals surface area contributed by atoms with Crippen molar-refractivity contribution in [1.29, 1.82) is 0 Å². The lowest BCUT2D eigenvalue weighted by molar-refractivity contribution is -0.140. The molecule has 2 aliphatic rings. The number of hydrogen-bond acceptors (Lipinski definition) is 3. The van der Waals surface area contributed by atoms with Crippen molar-refractivity contribution in [3.05, 3.63) is 0 Å². The fourth-order valence-corrected chi connectivity index (χ4v) is 3.11. The highest BCUT2D eigenvalue weighted by Gasteiger charge is 2.36. The molecule has 98 valence electrons. The van der Waals surface area contributed by atoms with E-state index in [1.807, 2.05) is 7.05 Å². The van der Waals surface area contributed by atoms with Crippen molar-refractivity contribution in [1.82, 2.24) is 10.2 Å². The van der Waals surface area contributed by atoms with E-state index in [-0.39, 0.29) is 24.0 Å². The van der Waals surface area contributed by atoms with Gasteiger partial charge in [0.2, 0.25) is 5.91 Å². The summed E-state index contributed by atoms with van der Waals surface area (Å²) >= 11 is 0. The van der Waals surface area contributed by atoms with Crippen LogP contribution in [0.25, 0.3) is 0 Å². The minimum absolute atomic E-state index is 0.0315. The van der Waals surface area contributed by atoms with E-state index >= 15 is 0 Å². The van der Waals surface area contributed by atoms with Crippen molar-refractivity contribution in [3.63, 3.8) is 0 Å². The van der Waals surface area contributed by atoms with Gasteiger partial charge in [-0.25, -0.2) is 0 Å². The van der Waals surface area contributed by atoms with Gasteiger partial charge in [-0.15, -0.1) is 0 Å². The summed E-state index contributed by atoms with van der Waals surface area (Å²) in [5.41, 5.74) is 0. The molecule has 0 aromatic heterocycles. The van der Waals surface area contributed by atoms with Gasteiger partial charge in [-0.1, -0.05) is 19.8 Å². The molecule has 4 nitrogen and oxygen atoms in total. The van der Waals surface area contributed by atoms with Gasteiger partial charge in [-0.3, -0.25) is 4.79 Å². The van der Waals surface area contributed by atoms with E-state index in [0.29, 0.717) is 5.92 Å². The Kier molecular flexibility index (Phi) is 4.05. The van der Waals surface area contributed by atoms with Crippen LogP contribution in [0.3, 0.4) is 0 Å². The van der Waals surface area contributed by atoms with E-state index in [0.717, 1.165) is 38.8 Å². The molecule has 0 aromatic carbocycles. The number of likely N-dealkylation sites (N-methyl/N-ethyl adjacent to an activating group) is 1. The highest BCUT2D eigenvalue weighted by Crippen LogP contribution is 2.25. The van der Waals surface area contributed by atoms with Crippen LogP contribution in [0.2, 0.25) is 0 Å². The van der Waals surface area contributed by atoms with Crippen LogP contribution in [0.1, 0.15) is 32.6 Å². The van der Waals surface area contributed by atoms with Crippen LogP contribution in [-0.4, -0.2) is 48.2 Å². The monoisotopic (exact) mass is 240 g/mol. The Labute approximate surface area is 103 Å². The molecule has 0 spiro atoms. The predicted molar refractivity (Wildman–Crippen MR) is 66.6 cm³/mol. The van der Waals surface area contributed by atoms with Crippen molar-refractivity contribution < 1.29 is 9.90 Å². The van der Waals surface area contributed by atoms with Gasteiger partial charge in [-0.05, 0) is 25.3 Å². The number of hydrogen-bond donors (Lipinski definition) is 2. The molecule has 2 N–H and O–H groups in total. The van der Waals surface area contributed by atoms with Gasteiger partial charge in [0.1, 0.15) is 0 Å². The molecule has 1 saturated carbocycles. The second-order valence-corrected chi connectivity index (χ2v) is 5.61. The Morgan fingerprint density at radius 2 is 2.00 bits per heavy atom. The van der Waals surface area contributed by atoms with Crippen LogP contribution in [0.4, 0.5) is 0 Å². The Hall–Kier alpha value is -0.610. The second-order valence-electron chi connectivity index (χ2n) is 5.61. The summed E-state index contributed by atoms with van der Waals surface area (Å²) in [7, 11) is 1.85. The first-order valence-electron chi connectivity index (χ1n) is 6.76. The number of nitrogens with one attached hydrogen (secondary N) is 1. The molecule has 1 heterocycles. The minimum atomic E-state index is -0.331. The van der Waals surface area contributed by atoms with Gasteiger partial charge < -0.3 is 15.3 Å². The number of carbonyl (C=O) groups is 1. The molecule has 0 radical (unpaired) electrons. The van der Waals surface area contributed by atoms with E-state index in [2.05, 4.69) is 12.2 Å². The summed E-state index contributed by atoms with van der Waals surface area (Å²) in [5, 5.41) is 13.2. The van der Waals surface area contributed by atoms with Gasteiger partial charge in [0.05, 0.1) is 18.1 Å². The summed E-state index contributed by atoms with van der Waals surface area (Å²) in [4.78, 5) is 14.2. The fourth-order valence-electron chi connectivity index (χ4n) is 3.11. The van der Waals surface area contributed by atoms with E-state index in [1.165, 1.54) is 0 Å². The largest absolute Gasteiger partial charge is 0.391 e. The highest BCUT2D eigenvalue weighted by molar-refractivity contribution is 5.79. The number of nitrogens with zero attached hydrogens (tertiary/aromatic N) is 1. The Morgan fingerprint density at radius 1 is 1.29 bits per heavy atom. The third-order valence-electron chi connectivity index (χ3n) is 4.37. The zero-order chi connectivity index (χ0) is 12.4. The van der Waals surface area contributed by atoms with Crippen LogP contribution in [0.5, 0.6) is 0 Å². The Balaban J connectivity index is 1.98. The summed E-state index contributed by atoms with van der Waals surface area (Å²) in [6.07, 6.45) is 3.65. The molecule has 1 aliphatic heterocycles. The van der Waals surface area contributed by atoms with Crippen LogP contribution in [0.15, 0.2) is 0 Å². The number of carbonyl (C=O) groups excluding carboxylic acids is 1. The Morgan fingerprint density at radius 3 is 2.59 bits per heavy atom. The second kappa shape index (κ2) is 5.36. The number of aliphatic hydroxyl groups is 1. The molecule has 1 aliphatic carbocycles. The molecule has 17 heavy (non-hydrogen) atoms. The maximum absolute atomic E-state index is 12.4. The normalized spacial score (nSPS) is 38.1. The van der Waals surface area contributed by atoms with E-state index in [4.69, 9.17) is 0 Å². The zero-order valence-electron chi connectivity index (χ0n) is 10.9. The van der Waals surface area contributed by atoms with Crippen LogP contribution in [0, 0.1) is 11.8 Å². The third kappa shape index (κ3) is 2.63. The quantitative estimate of drug-likeness (QED) is 0.743. The van der Waals surface area contributed by atoms with Gasteiger partial charge >= 0.3 is 0 Å². The zero-order valence-corrected chi connectivity index (χ0v) is 10.9. The molecule has 2 fully saturated rings. The van der Waals surface area contributed by atoms with Gasteiger partial charge in [0.15, 0.2) is 0 Å². The van der Waals surface area contributed by atoms with Crippen LogP contribution in [-0.2, 0) is 4.79 Å². The standard InChI is InChI=1S/C13H24N2O2/c1-9-7-14-8-10(9)13(17)15(2)11-5-3-4-6-12(11)16/h9-12,14,16H,3-8H2,1-2H3/t9-,10-,11?,12?/m1/s1. The van der Waals surface area contributed by atoms with Crippen molar-refractivity contribution in [2.75, 3.05) is 20.1 Å². The lowest BCUT2D eigenvalue weighted by Gasteiger charge is -2.36. The SMILES string of the molecule is C[C@@H]1CNC[C@H]1C(=O)N(C)C1CCCCC1O. The molecular formula is C13H24N2O2. The predicted octanol–water partition coefficient (Wildman–Crippen LogP) is 0.604. The molecule has 4 heteroatoms. The molecule has 2 rings (SSSR count). The summed E-state index contributed by atoms with van der Waals surface area (Å²) in [6.45, 7) is 3.83. The maximum Gasteiger partial charge on any atom is 0.227 e. The molecular weight excluding hydrogens is 216 g/mol. The molecule has 0 aromatic rings. The molecule has 2 unspecified atom stereocenters. The lowest BCUT2D eigenvalue weighted by atomic mass is 9.89. The smallest absolute Gasteiger partial charge is 0.227 e. The average molecular weight is 240 g/mol. The van der Waals surface area contributed by atoms with Crippen LogP contribution >= 0.6 is 0 Å². The molecule has 0 bridgehead atoms. The summed E-state index contributed by atoms with van der Waals surface area (Å²) in [6, 6.07) is 0.0315. The lowest BCUT2D eigenvalue weighted by Crippen LogP contribution is -2.49. The van der Waals surface area contributed by atoms with Crippen LogP contribution < -0.4 is 5.32 Å². The van der Waals surface area contributed by atoms with Crippen molar-refractivity contribution in [2.24, 2.45) is 11.8 Å². The third-order valence-corrected chi connectivity index (χ3v) is 4.37. The fraction of sp³-hybridized carbons (Fsp3) is 0.923. The van der Waals surface area contributed by atoms with Gasteiger partial charge in [0.25, 0.3) is 0 Å². The maximum atomic E-state index is 12.4. The van der Waals surface area contributed by atoms with Crippen molar-refractivity contribution in [2.45, 2.75) is 44.8 Å². The Bertz CT molecular complexity index is 283. The van der Waals surface area contributed by atoms with E-state index in [1.54, 1.807) is 4.90 Å². The summed E-state index contributed by atoms with van der Waals surface area (Å²) < 4.78 is 0. The topological polar surface area (TPSA) is 52.6 Å². The minimum Gasteiger partial charge on any atom is -0.391 e. The number of rotatable bonds is 2. The van der Waals surface area contributed by atoms with Crippen molar-refractivity contribution >= 4 is 5.91 Å². The van der Waals surface area contributed by atoms with E-state index < -0.39 is 0 Å². The van der Waals surface area contributed by atoms with Gasteiger partial charge in [-0.2, -0.15) is 0 Å². The summed E-state index contributed by atoms with van der Waals surface area (Å²) in [5.74, 6) is 0.702. The first-order chi connectivity index (χ1) is 8.11.